The van der Waals surface area contributed by atoms with Crippen LogP contribution in [0.2, 0.25) is 0 Å². The molecule has 21 heavy (non-hydrogen) atoms. The summed E-state index contributed by atoms with van der Waals surface area (Å²) in [7, 11) is -3.75. The number of nitrogens with two attached hydrogens (primary N) is 1. The Morgan fingerprint density at radius 3 is 2.62 bits per heavy atom. The van der Waals surface area contributed by atoms with Crippen LogP contribution in [0.3, 0.4) is 0 Å². The lowest BCUT2D eigenvalue weighted by atomic mass is 10.3. The molecular weight excluding hydrogens is 316 g/mol. The van der Waals surface area contributed by atoms with E-state index in [1.54, 1.807) is 0 Å². The Bertz CT molecular complexity index is 606. The highest BCUT2D eigenvalue weighted by molar-refractivity contribution is 7.98. The molecule has 0 saturated heterocycles. The first-order valence-electron chi connectivity index (χ1n) is 6.12. The van der Waals surface area contributed by atoms with Gasteiger partial charge >= 0.3 is 0 Å². The molecule has 0 aliphatic carbocycles. The standard InChI is InChI=1S/C11H18N4O4S2/c1-3-8(7-20-2)14-21(18,19)9-4-5-11(15(16)17)10(6-9)13-12/h4-6,8,13-14H,3,7,12H2,1-2H3. The van der Waals surface area contributed by atoms with Gasteiger partial charge in [-0.2, -0.15) is 11.8 Å². The highest BCUT2D eigenvalue weighted by atomic mass is 32.2. The van der Waals surface area contributed by atoms with Gasteiger partial charge < -0.3 is 5.43 Å². The number of benzene rings is 1. The first kappa shape index (κ1) is 17.7. The second kappa shape index (κ2) is 7.59. The molecular formula is C11H18N4O4S2. The van der Waals surface area contributed by atoms with Gasteiger partial charge in [0, 0.05) is 17.9 Å². The second-order valence-electron chi connectivity index (χ2n) is 4.26. The predicted octanol–water partition coefficient (Wildman–Crippen LogP) is 1.30. The number of hydrazine groups is 1. The fourth-order valence-electron chi connectivity index (χ4n) is 1.68. The molecule has 0 spiro atoms. The van der Waals surface area contributed by atoms with Gasteiger partial charge in [0.15, 0.2) is 0 Å². The quantitative estimate of drug-likeness (QED) is 0.371. The van der Waals surface area contributed by atoms with Gasteiger partial charge in [0.05, 0.1) is 9.82 Å². The minimum Gasteiger partial charge on any atom is -0.318 e. The molecule has 0 aromatic heterocycles. The molecule has 0 fully saturated rings. The largest absolute Gasteiger partial charge is 0.318 e. The number of hydrogen-bond acceptors (Lipinski definition) is 7. The molecule has 0 saturated carbocycles. The number of nitrogens with one attached hydrogen (secondary N) is 2. The van der Waals surface area contributed by atoms with Gasteiger partial charge in [-0.25, -0.2) is 13.1 Å². The Morgan fingerprint density at radius 1 is 1.48 bits per heavy atom. The average Bonchev–Trinajstić information content (AvgIpc) is 2.45. The highest BCUT2D eigenvalue weighted by Crippen LogP contribution is 2.26. The molecule has 0 aliphatic rings. The van der Waals surface area contributed by atoms with Gasteiger partial charge in [-0.05, 0) is 24.8 Å². The Labute approximate surface area is 127 Å². The van der Waals surface area contributed by atoms with E-state index in [1.807, 2.05) is 13.2 Å². The van der Waals surface area contributed by atoms with Gasteiger partial charge in [0.25, 0.3) is 5.69 Å². The van der Waals surface area contributed by atoms with Crippen LogP contribution >= 0.6 is 11.8 Å². The fourth-order valence-corrected chi connectivity index (χ4v) is 3.85. The van der Waals surface area contributed by atoms with Crippen LogP contribution in [0, 0.1) is 10.1 Å². The number of nitro benzene ring substituents is 1. The highest BCUT2D eigenvalue weighted by Gasteiger charge is 2.22. The van der Waals surface area contributed by atoms with E-state index in [2.05, 4.69) is 10.1 Å². The molecule has 10 heteroatoms. The summed E-state index contributed by atoms with van der Waals surface area (Å²) in [4.78, 5) is 10.1. The number of nitrogens with zero attached hydrogens (tertiary/aromatic N) is 1. The van der Waals surface area contributed by atoms with Crippen LogP contribution in [0.4, 0.5) is 11.4 Å². The van der Waals surface area contributed by atoms with E-state index in [0.717, 1.165) is 12.1 Å². The second-order valence-corrected chi connectivity index (χ2v) is 6.89. The van der Waals surface area contributed by atoms with Crippen molar-refractivity contribution in [3.63, 3.8) is 0 Å². The Hall–Kier alpha value is -1.36. The van der Waals surface area contributed by atoms with Crippen molar-refractivity contribution in [1.82, 2.24) is 4.72 Å². The van der Waals surface area contributed by atoms with Crippen LogP contribution in [0.1, 0.15) is 13.3 Å². The van der Waals surface area contributed by atoms with Crippen LogP contribution < -0.4 is 16.0 Å². The topological polar surface area (TPSA) is 127 Å². The number of anilines is 1. The summed E-state index contributed by atoms with van der Waals surface area (Å²) in [6, 6.07) is 3.24. The Balaban J connectivity index is 3.11. The van der Waals surface area contributed by atoms with Crippen molar-refractivity contribution in [3.05, 3.63) is 28.3 Å². The van der Waals surface area contributed by atoms with Gasteiger partial charge in [-0.1, -0.05) is 6.92 Å². The summed E-state index contributed by atoms with van der Waals surface area (Å²) in [5.41, 5.74) is 1.80. The lowest BCUT2D eigenvalue weighted by Gasteiger charge is -2.16. The zero-order valence-corrected chi connectivity index (χ0v) is 13.3. The number of rotatable bonds is 8. The molecule has 4 N–H and O–H groups in total. The molecule has 1 aromatic rings. The van der Waals surface area contributed by atoms with E-state index < -0.39 is 14.9 Å². The SMILES string of the molecule is CCC(CSC)NS(=O)(=O)c1ccc([N+](=O)[O-])c(NN)c1. The monoisotopic (exact) mass is 334 g/mol. The van der Waals surface area contributed by atoms with Crippen molar-refractivity contribution in [2.75, 3.05) is 17.4 Å². The Morgan fingerprint density at radius 2 is 2.14 bits per heavy atom. The van der Waals surface area contributed by atoms with E-state index >= 15 is 0 Å². The zero-order chi connectivity index (χ0) is 16.0. The smallest absolute Gasteiger partial charge is 0.293 e. The van der Waals surface area contributed by atoms with Crippen molar-refractivity contribution in [2.45, 2.75) is 24.3 Å². The van der Waals surface area contributed by atoms with E-state index in [0.29, 0.717) is 12.2 Å². The first-order valence-corrected chi connectivity index (χ1v) is 8.99. The van der Waals surface area contributed by atoms with E-state index in [4.69, 9.17) is 5.84 Å². The third-order valence-corrected chi connectivity index (χ3v) is 5.07. The van der Waals surface area contributed by atoms with Gasteiger partial charge in [-0.3, -0.25) is 16.0 Å². The molecule has 0 heterocycles. The lowest BCUT2D eigenvalue weighted by Crippen LogP contribution is -2.36. The summed E-state index contributed by atoms with van der Waals surface area (Å²) in [6.45, 7) is 1.88. The normalized spacial score (nSPS) is 12.9. The molecule has 1 rings (SSSR count). The zero-order valence-electron chi connectivity index (χ0n) is 11.7. The number of hydrogen-bond donors (Lipinski definition) is 3. The number of thioether (sulfide) groups is 1. The molecule has 0 aliphatic heterocycles. The van der Waals surface area contributed by atoms with Crippen molar-refractivity contribution < 1.29 is 13.3 Å². The fraction of sp³-hybridized carbons (Fsp3) is 0.455. The molecule has 118 valence electrons. The lowest BCUT2D eigenvalue weighted by molar-refractivity contribution is -0.384. The van der Waals surface area contributed by atoms with Crippen LogP contribution in [0.5, 0.6) is 0 Å². The Kier molecular flexibility index (Phi) is 6.40. The van der Waals surface area contributed by atoms with Crippen LogP contribution in [0.25, 0.3) is 0 Å². The minimum atomic E-state index is -3.75. The summed E-state index contributed by atoms with van der Waals surface area (Å²) in [5, 5.41) is 10.8. The van der Waals surface area contributed by atoms with Crippen molar-refractivity contribution in [1.29, 1.82) is 0 Å². The molecule has 0 bridgehead atoms. The summed E-state index contributed by atoms with van der Waals surface area (Å²) in [5.74, 6) is 5.85. The molecule has 1 atom stereocenters. The van der Waals surface area contributed by atoms with Crippen LogP contribution in [0.15, 0.2) is 23.1 Å². The maximum atomic E-state index is 12.3. The average molecular weight is 334 g/mol. The first-order chi connectivity index (χ1) is 9.85. The third-order valence-electron chi connectivity index (χ3n) is 2.81. The van der Waals surface area contributed by atoms with Gasteiger partial charge in [0.2, 0.25) is 10.0 Å². The van der Waals surface area contributed by atoms with Gasteiger partial charge in [-0.15, -0.1) is 0 Å². The third kappa shape index (κ3) is 4.56. The summed E-state index contributed by atoms with van der Waals surface area (Å²) in [6.07, 6.45) is 2.54. The van der Waals surface area contributed by atoms with Crippen molar-refractivity contribution in [3.8, 4) is 0 Å². The minimum absolute atomic E-state index is 0.0548. The number of nitrogen functional groups attached to an aromatic ring is 1. The maximum Gasteiger partial charge on any atom is 0.293 e. The maximum absolute atomic E-state index is 12.3. The summed E-state index contributed by atoms with van der Waals surface area (Å²) < 4.78 is 27.1. The van der Waals surface area contributed by atoms with Gasteiger partial charge in [0.1, 0.15) is 5.69 Å². The van der Waals surface area contributed by atoms with Crippen LogP contribution in [-0.4, -0.2) is 31.4 Å². The van der Waals surface area contributed by atoms with E-state index in [-0.39, 0.29) is 22.3 Å². The van der Waals surface area contributed by atoms with E-state index in [1.165, 1.54) is 17.8 Å². The molecule has 8 nitrogen and oxygen atoms in total. The van der Waals surface area contributed by atoms with E-state index in [9.17, 15) is 18.5 Å². The molecule has 0 amide bonds. The van der Waals surface area contributed by atoms with Crippen molar-refractivity contribution in [2.24, 2.45) is 5.84 Å². The molecule has 0 radical (unpaired) electrons. The number of sulfonamides is 1. The van der Waals surface area contributed by atoms with Crippen LogP contribution in [-0.2, 0) is 10.0 Å². The number of nitro groups is 1. The van der Waals surface area contributed by atoms with Crippen molar-refractivity contribution >= 4 is 33.2 Å². The molecule has 1 unspecified atom stereocenters. The molecule has 1 aromatic carbocycles. The predicted molar refractivity (Wildman–Crippen MR) is 83.7 cm³/mol. The summed E-state index contributed by atoms with van der Waals surface area (Å²) >= 11 is 1.54.